The molecular formula is C11H16FN3O3. The van der Waals surface area contributed by atoms with Crippen molar-refractivity contribution in [2.75, 3.05) is 11.9 Å². The summed E-state index contributed by atoms with van der Waals surface area (Å²) in [5.74, 6) is -1.16. The third-order valence-electron chi connectivity index (χ3n) is 1.62. The molecule has 100 valence electrons. The highest BCUT2D eigenvalue weighted by Gasteiger charge is 2.18. The number of nitrogens with zero attached hydrogens (tertiary/aromatic N) is 2. The topological polar surface area (TPSA) is 73.3 Å². The Balaban J connectivity index is 2.71. The number of carbonyl (C=O) groups excluding carboxylic acids is 1. The molecule has 0 aliphatic carbocycles. The number of rotatable bonds is 3. The second-order valence-electron chi connectivity index (χ2n) is 4.41. The molecule has 0 aromatic carbocycles. The summed E-state index contributed by atoms with van der Waals surface area (Å²) in [4.78, 5) is 18.6. The summed E-state index contributed by atoms with van der Waals surface area (Å²) in [5, 5.41) is 2.17. The molecule has 0 aliphatic heterocycles. The second kappa shape index (κ2) is 5.61. The molecule has 18 heavy (non-hydrogen) atoms. The van der Waals surface area contributed by atoms with Gasteiger partial charge in [0, 0.05) is 0 Å². The number of nitrogens with one attached hydrogen (secondary N) is 1. The standard InChI is InChI=1S/C11H16FN3O3/c1-5-17-7-6-13-9(8(12)14-7)15-10(16)18-11(2,3)4/h6H,5H2,1-4H3,(H,13,15,16). The highest BCUT2D eigenvalue weighted by molar-refractivity contribution is 5.83. The van der Waals surface area contributed by atoms with E-state index in [-0.39, 0.29) is 11.7 Å². The molecule has 0 radical (unpaired) electrons. The van der Waals surface area contributed by atoms with Crippen LogP contribution in [0.3, 0.4) is 0 Å². The van der Waals surface area contributed by atoms with E-state index in [1.807, 2.05) is 0 Å². The zero-order chi connectivity index (χ0) is 13.8. The Morgan fingerprint density at radius 3 is 2.67 bits per heavy atom. The highest BCUT2D eigenvalue weighted by Crippen LogP contribution is 2.14. The molecule has 0 bridgehead atoms. The summed E-state index contributed by atoms with van der Waals surface area (Å²) in [6.45, 7) is 7.20. The molecule has 6 nitrogen and oxygen atoms in total. The molecule has 0 saturated carbocycles. The lowest BCUT2D eigenvalue weighted by Crippen LogP contribution is -2.28. The fourth-order valence-corrected chi connectivity index (χ4v) is 1.05. The third-order valence-corrected chi connectivity index (χ3v) is 1.62. The molecule has 0 aliphatic rings. The van der Waals surface area contributed by atoms with E-state index in [4.69, 9.17) is 9.47 Å². The van der Waals surface area contributed by atoms with Gasteiger partial charge in [0.25, 0.3) is 5.95 Å². The summed E-state index contributed by atoms with van der Waals surface area (Å²) in [6, 6.07) is 0. The summed E-state index contributed by atoms with van der Waals surface area (Å²) < 4.78 is 23.4. The molecule has 0 unspecified atom stereocenters. The van der Waals surface area contributed by atoms with Gasteiger partial charge in [-0.25, -0.2) is 9.78 Å². The van der Waals surface area contributed by atoms with Crippen molar-refractivity contribution in [1.29, 1.82) is 0 Å². The minimum absolute atomic E-state index is 0.0599. The van der Waals surface area contributed by atoms with Crippen molar-refractivity contribution in [1.82, 2.24) is 9.97 Å². The highest BCUT2D eigenvalue weighted by atomic mass is 19.1. The smallest absolute Gasteiger partial charge is 0.413 e. The van der Waals surface area contributed by atoms with Crippen LogP contribution < -0.4 is 10.1 Å². The largest absolute Gasteiger partial charge is 0.477 e. The summed E-state index contributed by atoms with van der Waals surface area (Å²) in [6.07, 6.45) is 0.430. The van der Waals surface area contributed by atoms with E-state index in [1.165, 1.54) is 6.20 Å². The van der Waals surface area contributed by atoms with E-state index in [9.17, 15) is 9.18 Å². The molecule has 0 saturated heterocycles. The molecule has 0 atom stereocenters. The molecule has 1 N–H and O–H groups in total. The maximum Gasteiger partial charge on any atom is 0.413 e. The molecule has 1 amide bonds. The maximum absolute atomic E-state index is 13.4. The number of hydrogen-bond donors (Lipinski definition) is 1. The minimum atomic E-state index is -0.924. The van der Waals surface area contributed by atoms with E-state index in [0.717, 1.165) is 0 Å². The van der Waals surface area contributed by atoms with Gasteiger partial charge < -0.3 is 9.47 Å². The zero-order valence-electron chi connectivity index (χ0n) is 10.8. The van der Waals surface area contributed by atoms with Crippen LogP contribution in [0.4, 0.5) is 15.0 Å². The van der Waals surface area contributed by atoms with Crippen molar-refractivity contribution in [2.45, 2.75) is 33.3 Å². The molecule has 1 aromatic heterocycles. The number of amides is 1. The first kappa shape index (κ1) is 14.1. The first-order chi connectivity index (χ1) is 8.31. The van der Waals surface area contributed by atoms with Gasteiger partial charge in [0.15, 0.2) is 5.82 Å². The fourth-order valence-electron chi connectivity index (χ4n) is 1.05. The number of aromatic nitrogens is 2. The van der Waals surface area contributed by atoms with Gasteiger partial charge in [-0.1, -0.05) is 0 Å². The fraction of sp³-hybridized carbons (Fsp3) is 0.545. The average Bonchev–Trinajstić information content (AvgIpc) is 2.20. The van der Waals surface area contributed by atoms with Crippen LogP contribution in [-0.4, -0.2) is 28.3 Å². The molecule has 0 spiro atoms. The van der Waals surface area contributed by atoms with Crippen LogP contribution in [0, 0.1) is 5.95 Å². The number of hydrogen-bond acceptors (Lipinski definition) is 5. The lowest BCUT2D eigenvalue weighted by Gasteiger charge is -2.19. The van der Waals surface area contributed by atoms with Gasteiger partial charge in [-0.2, -0.15) is 9.37 Å². The van der Waals surface area contributed by atoms with E-state index >= 15 is 0 Å². The Kier molecular flexibility index (Phi) is 4.41. The second-order valence-corrected chi connectivity index (χ2v) is 4.41. The maximum atomic E-state index is 13.4. The molecule has 7 heteroatoms. The third kappa shape index (κ3) is 4.52. The molecular weight excluding hydrogens is 241 g/mol. The molecule has 1 aromatic rings. The quantitative estimate of drug-likeness (QED) is 0.899. The van der Waals surface area contributed by atoms with E-state index in [1.54, 1.807) is 27.7 Å². The van der Waals surface area contributed by atoms with Gasteiger partial charge in [0.1, 0.15) is 5.60 Å². The number of ether oxygens (including phenoxy) is 2. The first-order valence-electron chi connectivity index (χ1n) is 5.47. The number of anilines is 1. The Morgan fingerprint density at radius 2 is 2.17 bits per heavy atom. The van der Waals surface area contributed by atoms with Crippen LogP contribution >= 0.6 is 0 Å². The summed E-state index contributed by atoms with van der Waals surface area (Å²) >= 11 is 0. The van der Waals surface area contributed by atoms with E-state index < -0.39 is 17.6 Å². The van der Waals surface area contributed by atoms with Crippen LogP contribution in [0.5, 0.6) is 5.88 Å². The lowest BCUT2D eigenvalue weighted by atomic mass is 10.2. The summed E-state index contributed by atoms with van der Waals surface area (Å²) in [5.41, 5.74) is -0.667. The SMILES string of the molecule is CCOc1cnc(NC(=O)OC(C)(C)C)c(F)n1. The van der Waals surface area contributed by atoms with Crippen molar-refractivity contribution in [3.8, 4) is 5.88 Å². The average molecular weight is 257 g/mol. The predicted molar refractivity (Wildman–Crippen MR) is 63.0 cm³/mol. The van der Waals surface area contributed by atoms with Crippen LogP contribution in [-0.2, 0) is 4.74 Å². The predicted octanol–water partition coefficient (Wildman–Crippen LogP) is 2.36. The number of carbonyl (C=O) groups is 1. The van der Waals surface area contributed by atoms with Gasteiger partial charge in [0.2, 0.25) is 5.88 Å². The van der Waals surface area contributed by atoms with Crippen LogP contribution in [0.15, 0.2) is 6.20 Å². The van der Waals surface area contributed by atoms with Crippen molar-refractivity contribution >= 4 is 11.9 Å². The van der Waals surface area contributed by atoms with Crippen molar-refractivity contribution in [2.24, 2.45) is 0 Å². The number of halogens is 1. The molecule has 1 heterocycles. The Morgan fingerprint density at radius 1 is 1.50 bits per heavy atom. The Bertz CT molecular complexity index is 432. The summed E-state index contributed by atoms with van der Waals surface area (Å²) in [7, 11) is 0. The van der Waals surface area contributed by atoms with Gasteiger partial charge >= 0.3 is 6.09 Å². The van der Waals surface area contributed by atoms with Gasteiger partial charge in [0.05, 0.1) is 12.8 Å². The van der Waals surface area contributed by atoms with Gasteiger partial charge in [-0.05, 0) is 27.7 Å². The van der Waals surface area contributed by atoms with Crippen LogP contribution in [0.2, 0.25) is 0 Å². The van der Waals surface area contributed by atoms with Crippen molar-refractivity contribution < 1.29 is 18.7 Å². The van der Waals surface area contributed by atoms with E-state index in [0.29, 0.717) is 6.61 Å². The Labute approximate surface area is 105 Å². The van der Waals surface area contributed by atoms with Crippen molar-refractivity contribution in [3.63, 3.8) is 0 Å². The zero-order valence-corrected chi connectivity index (χ0v) is 10.8. The first-order valence-corrected chi connectivity index (χ1v) is 5.47. The normalized spacial score (nSPS) is 10.9. The Hall–Kier alpha value is -1.92. The van der Waals surface area contributed by atoms with Crippen molar-refractivity contribution in [3.05, 3.63) is 12.1 Å². The monoisotopic (exact) mass is 257 g/mol. The van der Waals surface area contributed by atoms with Gasteiger partial charge in [-0.15, -0.1) is 0 Å². The van der Waals surface area contributed by atoms with E-state index in [2.05, 4.69) is 15.3 Å². The molecule has 0 fully saturated rings. The van der Waals surface area contributed by atoms with Gasteiger partial charge in [-0.3, -0.25) is 5.32 Å². The van der Waals surface area contributed by atoms with Crippen LogP contribution in [0.25, 0.3) is 0 Å². The molecule has 1 rings (SSSR count). The minimum Gasteiger partial charge on any atom is -0.477 e. The van der Waals surface area contributed by atoms with Crippen LogP contribution in [0.1, 0.15) is 27.7 Å². The lowest BCUT2D eigenvalue weighted by molar-refractivity contribution is 0.0634.